The molecule has 0 saturated heterocycles. The van der Waals surface area contributed by atoms with Crippen LogP contribution in [0.1, 0.15) is 36.2 Å². The third kappa shape index (κ3) is 5.35. The molecule has 0 fully saturated rings. The molecule has 0 bridgehead atoms. The first-order chi connectivity index (χ1) is 12.0. The van der Waals surface area contributed by atoms with Gasteiger partial charge >= 0.3 is 0 Å². The van der Waals surface area contributed by atoms with E-state index in [-0.39, 0.29) is 18.6 Å². The second-order valence-corrected chi connectivity index (χ2v) is 5.96. The number of amides is 2. The summed E-state index contributed by atoms with van der Waals surface area (Å²) in [4.78, 5) is 25.6. The Kier molecular flexibility index (Phi) is 6.57. The van der Waals surface area contributed by atoms with Crippen molar-refractivity contribution in [2.75, 3.05) is 6.61 Å². The first-order valence-electron chi connectivity index (χ1n) is 8.37. The number of nitrogens with two attached hydrogens (primary N) is 1. The van der Waals surface area contributed by atoms with Crippen LogP contribution in [0, 0.1) is 0 Å². The van der Waals surface area contributed by atoms with E-state index >= 15 is 0 Å². The lowest BCUT2D eigenvalue weighted by atomic mass is 10.1. The number of hydrogen-bond donors (Lipinski definition) is 1. The van der Waals surface area contributed by atoms with Crippen molar-refractivity contribution < 1.29 is 14.3 Å². The molecule has 2 aromatic rings. The third-order valence-corrected chi connectivity index (χ3v) is 4.06. The van der Waals surface area contributed by atoms with Crippen LogP contribution in [0.2, 0.25) is 0 Å². The Hall–Kier alpha value is -2.82. The molecule has 5 heteroatoms. The van der Waals surface area contributed by atoms with Crippen molar-refractivity contribution in [1.82, 2.24) is 4.90 Å². The zero-order valence-corrected chi connectivity index (χ0v) is 14.6. The minimum Gasteiger partial charge on any atom is -0.484 e. The predicted molar refractivity (Wildman–Crippen MR) is 97.2 cm³/mol. The van der Waals surface area contributed by atoms with E-state index in [1.165, 1.54) is 0 Å². The van der Waals surface area contributed by atoms with Gasteiger partial charge in [-0.15, -0.1) is 0 Å². The van der Waals surface area contributed by atoms with Gasteiger partial charge in [0, 0.05) is 18.2 Å². The highest BCUT2D eigenvalue weighted by Crippen LogP contribution is 2.18. The Balaban J connectivity index is 2.14. The van der Waals surface area contributed by atoms with Crippen molar-refractivity contribution in [3.05, 3.63) is 65.7 Å². The van der Waals surface area contributed by atoms with Crippen LogP contribution >= 0.6 is 0 Å². The van der Waals surface area contributed by atoms with Crippen LogP contribution in [-0.4, -0.2) is 29.4 Å². The average molecular weight is 340 g/mol. The smallest absolute Gasteiger partial charge is 0.255 e. The highest BCUT2D eigenvalue weighted by Gasteiger charge is 2.20. The maximum absolute atomic E-state index is 12.9. The number of benzene rings is 2. The van der Waals surface area contributed by atoms with Gasteiger partial charge in [0.05, 0.1) is 0 Å². The van der Waals surface area contributed by atoms with Gasteiger partial charge in [-0.1, -0.05) is 37.3 Å². The fraction of sp³-hybridized carbons (Fsp3) is 0.300. The molecule has 2 aromatic carbocycles. The van der Waals surface area contributed by atoms with Gasteiger partial charge in [0.1, 0.15) is 5.75 Å². The van der Waals surface area contributed by atoms with E-state index < -0.39 is 5.91 Å². The molecule has 0 aliphatic heterocycles. The Morgan fingerprint density at radius 3 is 2.28 bits per heavy atom. The lowest BCUT2D eigenvalue weighted by Gasteiger charge is -2.29. The lowest BCUT2D eigenvalue weighted by molar-refractivity contribution is -0.119. The number of rotatable bonds is 8. The van der Waals surface area contributed by atoms with Gasteiger partial charge in [-0.2, -0.15) is 0 Å². The fourth-order valence-electron chi connectivity index (χ4n) is 2.44. The van der Waals surface area contributed by atoms with E-state index in [0.29, 0.717) is 17.9 Å². The summed E-state index contributed by atoms with van der Waals surface area (Å²) in [6.45, 7) is 4.50. The highest BCUT2D eigenvalue weighted by atomic mass is 16.5. The van der Waals surface area contributed by atoms with Crippen LogP contribution in [-0.2, 0) is 11.3 Å². The van der Waals surface area contributed by atoms with E-state index in [9.17, 15) is 9.59 Å². The maximum atomic E-state index is 12.9. The molecule has 25 heavy (non-hydrogen) atoms. The largest absolute Gasteiger partial charge is 0.484 e. The Labute approximate surface area is 148 Å². The molecule has 0 spiro atoms. The number of hydrogen-bond acceptors (Lipinski definition) is 3. The zero-order chi connectivity index (χ0) is 18.2. The second kappa shape index (κ2) is 8.87. The zero-order valence-electron chi connectivity index (χ0n) is 14.6. The molecule has 0 heterocycles. The monoisotopic (exact) mass is 340 g/mol. The quantitative estimate of drug-likeness (QED) is 0.803. The molecular formula is C20H24N2O3. The summed E-state index contributed by atoms with van der Waals surface area (Å²) in [7, 11) is 0. The van der Waals surface area contributed by atoms with E-state index in [0.717, 1.165) is 12.0 Å². The van der Waals surface area contributed by atoms with Gasteiger partial charge in [-0.25, -0.2) is 0 Å². The number of nitrogens with zero attached hydrogens (tertiary/aromatic N) is 1. The van der Waals surface area contributed by atoms with Crippen molar-refractivity contribution in [3.8, 4) is 5.75 Å². The molecule has 0 aliphatic carbocycles. The number of ether oxygens (including phenoxy) is 1. The van der Waals surface area contributed by atoms with Crippen LogP contribution in [0.15, 0.2) is 54.6 Å². The summed E-state index contributed by atoms with van der Waals surface area (Å²) < 4.78 is 5.23. The van der Waals surface area contributed by atoms with Gasteiger partial charge in [0.15, 0.2) is 6.61 Å². The molecule has 1 unspecified atom stereocenters. The molecule has 0 radical (unpaired) electrons. The highest BCUT2D eigenvalue weighted by molar-refractivity contribution is 5.94. The summed E-state index contributed by atoms with van der Waals surface area (Å²) in [6, 6.07) is 16.8. The average Bonchev–Trinajstić information content (AvgIpc) is 2.64. The van der Waals surface area contributed by atoms with Crippen molar-refractivity contribution in [2.45, 2.75) is 32.9 Å². The Morgan fingerprint density at radius 2 is 1.72 bits per heavy atom. The minimum absolute atomic E-state index is 0.0281. The first-order valence-corrected chi connectivity index (χ1v) is 8.37. The third-order valence-electron chi connectivity index (χ3n) is 4.06. The predicted octanol–water partition coefficient (Wildman–Crippen LogP) is 2.99. The lowest BCUT2D eigenvalue weighted by Crippen LogP contribution is -2.37. The van der Waals surface area contributed by atoms with E-state index in [2.05, 4.69) is 6.92 Å². The molecule has 0 aromatic heterocycles. The van der Waals surface area contributed by atoms with Crippen molar-refractivity contribution in [1.29, 1.82) is 0 Å². The second-order valence-electron chi connectivity index (χ2n) is 5.96. The topological polar surface area (TPSA) is 72.6 Å². The molecular weight excluding hydrogens is 316 g/mol. The van der Waals surface area contributed by atoms with Crippen LogP contribution in [0.5, 0.6) is 5.75 Å². The molecule has 2 N–H and O–H groups in total. The van der Waals surface area contributed by atoms with Gasteiger partial charge in [-0.3, -0.25) is 9.59 Å². The summed E-state index contributed by atoms with van der Waals surface area (Å²) in [5.74, 6) is -0.0564. The molecule has 132 valence electrons. The normalized spacial score (nSPS) is 11.6. The SMILES string of the molecule is CCC(C)N(Cc1ccccc1)C(=O)c1ccc(OCC(N)=O)cc1. The van der Waals surface area contributed by atoms with E-state index in [4.69, 9.17) is 10.5 Å². The van der Waals surface area contributed by atoms with E-state index in [1.807, 2.05) is 42.2 Å². The summed E-state index contributed by atoms with van der Waals surface area (Å²) in [5.41, 5.74) is 6.74. The summed E-state index contributed by atoms with van der Waals surface area (Å²) in [6.07, 6.45) is 0.873. The van der Waals surface area contributed by atoms with Crippen LogP contribution in [0.4, 0.5) is 0 Å². The summed E-state index contributed by atoms with van der Waals surface area (Å²) in [5, 5.41) is 0. The number of carbonyl (C=O) groups is 2. The molecule has 0 aliphatic rings. The van der Waals surface area contributed by atoms with Crippen molar-refractivity contribution >= 4 is 11.8 Å². The molecule has 2 amide bonds. The first kappa shape index (κ1) is 18.5. The van der Waals surface area contributed by atoms with Crippen LogP contribution in [0.3, 0.4) is 0 Å². The van der Waals surface area contributed by atoms with Gasteiger partial charge < -0.3 is 15.4 Å². The van der Waals surface area contributed by atoms with E-state index in [1.54, 1.807) is 24.3 Å². The molecule has 2 rings (SSSR count). The Morgan fingerprint density at radius 1 is 1.08 bits per heavy atom. The molecule has 0 saturated carbocycles. The molecule has 1 atom stereocenters. The number of carbonyl (C=O) groups excluding carboxylic acids is 2. The minimum atomic E-state index is -0.536. The van der Waals surface area contributed by atoms with Crippen LogP contribution in [0.25, 0.3) is 0 Å². The van der Waals surface area contributed by atoms with Crippen molar-refractivity contribution in [3.63, 3.8) is 0 Å². The molecule has 5 nitrogen and oxygen atoms in total. The van der Waals surface area contributed by atoms with Gasteiger partial charge in [0.25, 0.3) is 11.8 Å². The maximum Gasteiger partial charge on any atom is 0.255 e. The standard InChI is InChI=1S/C20H24N2O3/c1-3-15(2)22(13-16-7-5-4-6-8-16)20(24)17-9-11-18(12-10-17)25-14-19(21)23/h4-12,15H,3,13-14H2,1-2H3,(H2,21,23). The summed E-state index contributed by atoms with van der Waals surface area (Å²) >= 11 is 0. The number of primary amides is 1. The Bertz CT molecular complexity index is 699. The van der Waals surface area contributed by atoms with Crippen molar-refractivity contribution in [2.24, 2.45) is 5.73 Å². The van der Waals surface area contributed by atoms with Gasteiger partial charge in [0.2, 0.25) is 0 Å². The van der Waals surface area contributed by atoms with Crippen LogP contribution < -0.4 is 10.5 Å². The fourth-order valence-corrected chi connectivity index (χ4v) is 2.44. The van der Waals surface area contributed by atoms with Gasteiger partial charge in [-0.05, 0) is 43.2 Å².